The molecule has 2 atom stereocenters. The van der Waals surface area contributed by atoms with Crippen LogP contribution in [0, 0.1) is 5.92 Å². The van der Waals surface area contributed by atoms with Crippen LogP contribution in [0.15, 0.2) is 24.3 Å². The van der Waals surface area contributed by atoms with Crippen LogP contribution in [0.2, 0.25) is 0 Å². The summed E-state index contributed by atoms with van der Waals surface area (Å²) >= 11 is 0. The maximum Gasteiger partial charge on any atom is 0.338 e. The van der Waals surface area contributed by atoms with Gasteiger partial charge in [-0.3, -0.25) is 19.3 Å². The van der Waals surface area contributed by atoms with E-state index in [0.29, 0.717) is 37.6 Å². The van der Waals surface area contributed by atoms with Crippen LogP contribution in [0.4, 0.5) is 5.69 Å². The third kappa shape index (κ3) is 5.31. The highest BCUT2D eigenvalue weighted by Crippen LogP contribution is 2.29. The second kappa shape index (κ2) is 10.5. The van der Waals surface area contributed by atoms with Crippen molar-refractivity contribution in [2.75, 3.05) is 31.2 Å². The topological polar surface area (TPSA) is 93.2 Å². The predicted molar refractivity (Wildman–Crippen MR) is 113 cm³/mol. The summed E-state index contributed by atoms with van der Waals surface area (Å²) in [5.41, 5.74) is 0.811. The standard InChI is InChI=1S/C23H30N2O6/c1-3-5-13-31-22(28)16-8-10-18(11-9-16)25-20(26)14-19(21(25)27)24-12-6-7-17(15-24)23(29)30-4-2/h8-11,17,19H,3-7,12-15H2,1-2H3/t17-,19-/m0/s1. The normalized spacial score (nSPS) is 21.9. The molecule has 8 nitrogen and oxygen atoms in total. The zero-order valence-electron chi connectivity index (χ0n) is 18.2. The predicted octanol–water partition coefficient (Wildman–Crippen LogP) is 2.55. The molecule has 1 aromatic carbocycles. The van der Waals surface area contributed by atoms with Crippen molar-refractivity contribution < 1.29 is 28.7 Å². The Balaban J connectivity index is 1.66. The maximum absolute atomic E-state index is 13.1. The van der Waals surface area contributed by atoms with Crippen LogP contribution in [0.3, 0.4) is 0 Å². The lowest BCUT2D eigenvalue weighted by atomic mass is 9.96. The van der Waals surface area contributed by atoms with E-state index in [1.54, 1.807) is 31.2 Å². The first-order chi connectivity index (χ1) is 15.0. The van der Waals surface area contributed by atoms with Gasteiger partial charge in [0.05, 0.1) is 42.8 Å². The number of imide groups is 1. The Morgan fingerprint density at radius 2 is 1.84 bits per heavy atom. The van der Waals surface area contributed by atoms with E-state index in [4.69, 9.17) is 9.47 Å². The molecule has 168 valence electrons. The lowest BCUT2D eigenvalue weighted by Gasteiger charge is -2.34. The van der Waals surface area contributed by atoms with E-state index in [9.17, 15) is 19.2 Å². The van der Waals surface area contributed by atoms with E-state index in [-0.39, 0.29) is 30.1 Å². The Morgan fingerprint density at radius 1 is 1.10 bits per heavy atom. The first-order valence-corrected chi connectivity index (χ1v) is 11.0. The number of amides is 2. The number of rotatable bonds is 8. The Morgan fingerprint density at radius 3 is 2.52 bits per heavy atom. The largest absolute Gasteiger partial charge is 0.466 e. The first kappa shape index (κ1) is 22.9. The molecule has 31 heavy (non-hydrogen) atoms. The molecule has 0 aromatic heterocycles. The van der Waals surface area contributed by atoms with Crippen LogP contribution in [0.25, 0.3) is 0 Å². The third-order valence-corrected chi connectivity index (χ3v) is 5.73. The Kier molecular flexibility index (Phi) is 7.79. The minimum atomic E-state index is -0.580. The summed E-state index contributed by atoms with van der Waals surface area (Å²) < 4.78 is 10.3. The van der Waals surface area contributed by atoms with Crippen LogP contribution in [-0.4, -0.2) is 61.0 Å². The number of piperidine rings is 1. The summed E-state index contributed by atoms with van der Waals surface area (Å²) in [6.45, 7) is 5.55. The number of ether oxygens (including phenoxy) is 2. The number of carbonyl (C=O) groups excluding carboxylic acids is 4. The van der Waals surface area contributed by atoms with Crippen molar-refractivity contribution >= 4 is 29.4 Å². The molecular formula is C23H30N2O6. The fourth-order valence-corrected chi connectivity index (χ4v) is 4.05. The number of nitrogens with zero attached hydrogens (tertiary/aromatic N) is 2. The van der Waals surface area contributed by atoms with Gasteiger partial charge in [0.15, 0.2) is 0 Å². The van der Waals surface area contributed by atoms with Gasteiger partial charge in [0, 0.05) is 6.54 Å². The number of hydrogen-bond acceptors (Lipinski definition) is 7. The molecule has 0 saturated carbocycles. The van der Waals surface area contributed by atoms with Gasteiger partial charge in [0.25, 0.3) is 5.91 Å². The quantitative estimate of drug-likeness (QED) is 0.355. The molecule has 0 N–H and O–H groups in total. The highest BCUT2D eigenvalue weighted by Gasteiger charge is 2.44. The molecule has 2 aliphatic heterocycles. The van der Waals surface area contributed by atoms with Gasteiger partial charge in [-0.2, -0.15) is 0 Å². The highest BCUT2D eigenvalue weighted by molar-refractivity contribution is 6.22. The van der Waals surface area contributed by atoms with Crippen LogP contribution >= 0.6 is 0 Å². The number of carbonyl (C=O) groups is 4. The van der Waals surface area contributed by atoms with Gasteiger partial charge < -0.3 is 9.47 Å². The van der Waals surface area contributed by atoms with Gasteiger partial charge in [0.1, 0.15) is 0 Å². The second-order valence-electron chi connectivity index (χ2n) is 7.91. The van der Waals surface area contributed by atoms with E-state index >= 15 is 0 Å². The minimum absolute atomic E-state index is 0.0786. The molecule has 2 amide bonds. The molecule has 2 fully saturated rings. The van der Waals surface area contributed by atoms with Crippen molar-refractivity contribution in [3.05, 3.63) is 29.8 Å². The van der Waals surface area contributed by atoms with Crippen molar-refractivity contribution in [3.8, 4) is 0 Å². The van der Waals surface area contributed by atoms with E-state index in [1.165, 1.54) is 4.90 Å². The van der Waals surface area contributed by atoms with E-state index in [0.717, 1.165) is 25.7 Å². The molecule has 0 aliphatic carbocycles. The van der Waals surface area contributed by atoms with Crippen LogP contribution in [-0.2, 0) is 23.9 Å². The van der Waals surface area contributed by atoms with Crippen molar-refractivity contribution in [2.24, 2.45) is 5.92 Å². The van der Waals surface area contributed by atoms with E-state index < -0.39 is 12.0 Å². The summed E-state index contributed by atoms with van der Waals surface area (Å²) in [4.78, 5) is 53.0. The van der Waals surface area contributed by atoms with Gasteiger partial charge in [-0.15, -0.1) is 0 Å². The number of hydrogen-bond donors (Lipinski definition) is 0. The smallest absolute Gasteiger partial charge is 0.338 e. The fourth-order valence-electron chi connectivity index (χ4n) is 4.05. The molecule has 0 unspecified atom stereocenters. The number of anilines is 1. The van der Waals surface area contributed by atoms with Crippen molar-refractivity contribution in [1.82, 2.24) is 4.90 Å². The third-order valence-electron chi connectivity index (χ3n) is 5.73. The maximum atomic E-state index is 13.1. The second-order valence-corrected chi connectivity index (χ2v) is 7.91. The first-order valence-electron chi connectivity index (χ1n) is 11.0. The Bertz CT molecular complexity index is 822. The SMILES string of the molecule is CCCCOC(=O)c1ccc(N2C(=O)C[C@H](N3CCC[C@H](C(=O)OCC)C3)C2=O)cc1. The number of likely N-dealkylation sites (tertiary alicyclic amines) is 1. The molecular weight excluding hydrogens is 400 g/mol. The van der Waals surface area contributed by atoms with Crippen LogP contribution in [0.1, 0.15) is 56.3 Å². The molecule has 2 saturated heterocycles. The zero-order chi connectivity index (χ0) is 22.4. The molecule has 0 radical (unpaired) electrons. The van der Waals surface area contributed by atoms with Gasteiger partial charge in [-0.05, 0) is 57.0 Å². The molecule has 0 bridgehead atoms. The summed E-state index contributed by atoms with van der Waals surface area (Å²) in [7, 11) is 0. The minimum Gasteiger partial charge on any atom is -0.466 e. The number of benzene rings is 1. The molecule has 2 heterocycles. The van der Waals surface area contributed by atoms with Crippen LogP contribution in [0.5, 0.6) is 0 Å². The van der Waals surface area contributed by atoms with Crippen molar-refractivity contribution in [2.45, 2.75) is 52.0 Å². The summed E-state index contributed by atoms with van der Waals surface area (Å²) in [6, 6.07) is 5.73. The number of esters is 2. The average molecular weight is 431 g/mol. The van der Waals surface area contributed by atoms with Crippen molar-refractivity contribution in [1.29, 1.82) is 0 Å². The van der Waals surface area contributed by atoms with Gasteiger partial charge in [-0.1, -0.05) is 13.3 Å². The Labute approximate surface area is 182 Å². The van der Waals surface area contributed by atoms with E-state index in [2.05, 4.69) is 0 Å². The molecule has 1 aromatic rings. The molecule has 0 spiro atoms. The van der Waals surface area contributed by atoms with E-state index in [1.807, 2.05) is 11.8 Å². The van der Waals surface area contributed by atoms with Gasteiger partial charge >= 0.3 is 11.9 Å². The highest BCUT2D eigenvalue weighted by atomic mass is 16.5. The molecule has 2 aliphatic rings. The molecule has 8 heteroatoms. The molecule has 3 rings (SSSR count). The lowest BCUT2D eigenvalue weighted by molar-refractivity contribution is -0.150. The lowest BCUT2D eigenvalue weighted by Crippen LogP contribution is -2.48. The summed E-state index contributed by atoms with van der Waals surface area (Å²) in [5.74, 6) is -1.53. The van der Waals surface area contributed by atoms with Crippen LogP contribution < -0.4 is 4.90 Å². The monoisotopic (exact) mass is 430 g/mol. The van der Waals surface area contributed by atoms with Gasteiger partial charge in [0.2, 0.25) is 5.91 Å². The summed E-state index contributed by atoms with van der Waals surface area (Å²) in [5, 5.41) is 0. The Hall–Kier alpha value is -2.74. The number of unbranched alkanes of at least 4 members (excludes halogenated alkanes) is 1. The average Bonchev–Trinajstić information content (AvgIpc) is 3.08. The summed E-state index contributed by atoms with van der Waals surface area (Å²) in [6.07, 6.45) is 3.31. The van der Waals surface area contributed by atoms with Gasteiger partial charge in [-0.25, -0.2) is 9.69 Å². The fraction of sp³-hybridized carbons (Fsp3) is 0.565. The zero-order valence-corrected chi connectivity index (χ0v) is 18.2. The van der Waals surface area contributed by atoms with Crippen molar-refractivity contribution in [3.63, 3.8) is 0 Å².